The highest BCUT2D eigenvalue weighted by molar-refractivity contribution is 9.10. The molecule has 0 saturated carbocycles. The molecule has 3 heterocycles. The van der Waals surface area contributed by atoms with Crippen molar-refractivity contribution in [2.45, 2.75) is 37.7 Å². The highest BCUT2D eigenvalue weighted by atomic mass is 79.9. The maximum atomic E-state index is 12.8. The number of hydrogen-bond donors (Lipinski definition) is 1. The van der Waals surface area contributed by atoms with E-state index in [1.54, 1.807) is 0 Å². The van der Waals surface area contributed by atoms with Crippen LogP contribution in [0.15, 0.2) is 28.7 Å². The molecule has 1 aromatic heterocycles. The van der Waals surface area contributed by atoms with Crippen molar-refractivity contribution in [3.8, 4) is 11.6 Å². The molecule has 10 heteroatoms. The Hall–Kier alpha value is -2.23. The first kappa shape index (κ1) is 18.1. The van der Waals surface area contributed by atoms with Crippen molar-refractivity contribution < 1.29 is 27.4 Å². The van der Waals surface area contributed by atoms with Gasteiger partial charge in [-0.2, -0.15) is 18.3 Å². The zero-order chi connectivity index (χ0) is 19.2. The molecular formula is C17H15BrF3N3O3. The number of amides is 1. The number of halogens is 4. The van der Waals surface area contributed by atoms with Crippen LogP contribution in [0, 0.1) is 0 Å². The topological polar surface area (TPSA) is 65.4 Å². The minimum Gasteiger partial charge on any atom is -0.491 e. The SMILES string of the molecule is O=C(N[C@H]1COc2ccc(Br)cc2C1)c1cc2n(n1)CCC(C(F)(F)F)O2. The van der Waals surface area contributed by atoms with Gasteiger partial charge in [0.05, 0.1) is 6.04 Å². The van der Waals surface area contributed by atoms with E-state index in [0.717, 1.165) is 15.8 Å². The number of aromatic nitrogens is 2. The fraction of sp³-hybridized carbons (Fsp3) is 0.412. The van der Waals surface area contributed by atoms with Crippen LogP contribution in [-0.2, 0) is 13.0 Å². The van der Waals surface area contributed by atoms with Gasteiger partial charge in [0, 0.05) is 23.5 Å². The summed E-state index contributed by atoms with van der Waals surface area (Å²) in [4.78, 5) is 12.5. The monoisotopic (exact) mass is 445 g/mol. The summed E-state index contributed by atoms with van der Waals surface area (Å²) in [6, 6.07) is 6.63. The van der Waals surface area contributed by atoms with Crippen LogP contribution in [0.5, 0.6) is 11.6 Å². The van der Waals surface area contributed by atoms with Gasteiger partial charge < -0.3 is 14.8 Å². The first-order chi connectivity index (χ1) is 12.8. The van der Waals surface area contributed by atoms with Crippen molar-refractivity contribution in [2.24, 2.45) is 0 Å². The number of nitrogens with one attached hydrogen (secondary N) is 1. The van der Waals surface area contributed by atoms with E-state index in [1.165, 1.54) is 10.7 Å². The van der Waals surface area contributed by atoms with Crippen LogP contribution in [0.25, 0.3) is 0 Å². The third-order valence-electron chi connectivity index (χ3n) is 4.47. The molecule has 1 N–H and O–H groups in total. The molecule has 2 aliphatic rings. The molecule has 0 saturated heterocycles. The van der Waals surface area contributed by atoms with Gasteiger partial charge in [-0.3, -0.25) is 4.79 Å². The number of rotatable bonds is 2. The Kier molecular flexibility index (Phi) is 4.53. The molecule has 0 aliphatic carbocycles. The van der Waals surface area contributed by atoms with Gasteiger partial charge >= 0.3 is 6.18 Å². The zero-order valence-corrected chi connectivity index (χ0v) is 15.5. The fourth-order valence-electron chi connectivity index (χ4n) is 3.16. The van der Waals surface area contributed by atoms with Crippen molar-refractivity contribution in [2.75, 3.05) is 6.61 Å². The summed E-state index contributed by atoms with van der Waals surface area (Å²) in [6.45, 7) is 0.349. The lowest BCUT2D eigenvalue weighted by molar-refractivity contribution is -0.203. The molecule has 6 nitrogen and oxygen atoms in total. The van der Waals surface area contributed by atoms with E-state index in [2.05, 4.69) is 26.3 Å². The second-order valence-corrected chi connectivity index (χ2v) is 7.38. The van der Waals surface area contributed by atoms with Gasteiger partial charge in [-0.1, -0.05) is 15.9 Å². The van der Waals surface area contributed by atoms with E-state index in [0.29, 0.717) is 13.0 Å². The predicted molar refractivity (Wildman–Crippen MR) is 91.9 cm³/mol. The Morgan fingerprint density at radius 1 is 1.33 bits per heavy atom. The Morgan fingerprint density at radius 3 is 2.93 bits per heavy atom. The van der Waals surface area contributed by atoms with E-state index in [1.807, 2.05) is 18.2 Å². The summed E-state index contributed by atoms with van der Waals surface area (Å²) in [5.41, 5.74) is 0.981. The predicted octanol–water partition coefficient (Wildman–Crippen LogP) is 3.09. The molecule has 0 radical (unpaired) electrons. The number of alkyl halides is 3. The summed E-state index contributed by atoms with van der Waals surface area (Å²) in [5.74, 6) is 0.242. The third kappa shape index (κ3) is 3.76. The second kappa shape index (κ2) is 6.74. The largest absolute Gasteiger partial charge is 0.491 e. The summed E-state index contributed by atoms with van der Waals surface area (Å²) in [6.07, 6.45) is -5.97. The van der Waals surface area contributed by atoms with Crippen molar-refractivity contribution in [3.63, 3.8) is 0 Å². The average Bonchev–Trinajstić information content (AvgIpc) is 3.04. The molecule has 0 fully saturated rings. The first-order valence-electron chi connectivity index (χ1n) is 8.33. The fourth-order valence-corrected chi connectivity index (χ4v) is 3.56. The molecule has 27 heavy (non-hydrogen) atoms. The van der Waals surface area contributed by atoms with Crippen LogP contribution < -0.4 is 14.8 Å². The minimum absolute atomic E-state index is 0.0212. The average molecular weight is 446 g/mol. The second-order valence-electron chi connectivity index (χ2n) is 6.47. The Labute approximate surface area is 160 Å². The number of nitrogens with zero attached hydrogens (tertiary/aromatic N) is 2. The quantitative estimate of drug-likeness (QED) is 0.771. The van der Waals surface area contributed by atoms with Gasteiger partial charge in [0.2, 0.25) is 5.88 Å². The number of carbonyl (C=O) groups is 1. The lowest BCUT2D eigenvalue weighted by atomic mass is 10.0. The molecule has 2 aliphatic heterocycles. The van der Waals surface area contributed by atoms with Crippen molar-refractivity contribution in [3.05, 3.63) is 40.0 Å². The molecule has 2 atom stereocenters. The van der Waals surface area contributed by atoms with Gasteiger partial charge in [-0.25, -0.2) is 4.68 Å². The molecule has 0 bridgehead atoms. The zero-order valence-electron chi connectivity index (χ0n) is 13.9. The Morgan fingerprint density at radius 2 is 2.15 bits per heavy atom. The maximum absolute atomic E-state index is 12.8. The molecule has 1 unspecified atom stereocenters. The van der Waals surface area contributed by atoms with Gasteiger partial charge in [-0.05, 0) is 30.2 Å². The number of ether oxygens (including phenoxy) is 2. The standard InChI is InChI=1S/C17H15BrF3N3O3/c18-10-1-2-13-9(5-10)6-11(8-26-13)22-16(25)12-7-15-24(23-12)4-3-14(27-15)17(19,20)21/h1-2,5,7,11,14H,3-4,6,8H2,(H,22,25)/t11-,14?/m1/s1. The normalized spacial score (nSPS) is 21.5. The van der Waals surface area contributed by atoms with E-state index in [-0.39, 0.29) is 30.6 Å². The molecule has 2 aromatic rings. The molecular weight excluding hydrogens is 431 g/mol. The van der Waals surface area contributed by atoms with E-state index >= 15 is 0 Å². The Bertz CT molecular complexity index is 884. The first-order valence-corrected chi connectivity index (χ1v) is 9.12. The van der Waals surface area contributed by atoms with Crippen LogP contribution >= 0.6 is 15.9 Å². The third-order valence-corrected chi connectivity index (χ3v) is 4.96. The van der Waals surface area contributed by atoms with Crippen LogP contribution in [0.2, 0.25) is 0 Å². The molecule has 0 spiro atoms. The van der Waals surface area contributed by atoms with Crippen LogP contribution in [-0.4, -0.2) is 40.6 Å². The molecule has 1 amide bonds. The van der Waals surface area contributed by atoms with E-state index in [4.69, 9.17) is 9.47 Å². The lowest BCUT2D eigenvalue weighted by Crippen LogP contribution is -2.42. The van der Waals surface area contributed by atoms with E-state index in [9.17, 15) is 18.0 Å². The van der Waals surface area contributed by atoms with Gasteiger partial charge in [-0.15, -0.1) is 0 Å². The molecule has 1 aromatic carbocycles. The van der Waals surface area contributed by atoms with Crippen molar-refractivity contribution >= 4 is 21.8 Å². The van der Waals surface area contributed by atoms with Gasteiger partial charge in [0.15, 0.2) is 11.8 Å². The summed E-state index contributed by atoms with van der Waals surface area (Å²) in [5, 5.41) is 6.87. The van der Waals surface area contributed by atoms with Crippen LogP contribution in [0.1, 0.15) is 22.5 Å². The maximum Gasteiger partial charge on any atom is 0.425 e. The van der Waals surface area contributed by atoms with Crippen LogP contribution in [0.3, 0.4) is 0 Å². The number of aryl methyl sites for hydroxylation is 1. The Balaban J connectivity index is 1.44. The number of fused-ring (bicyclic) bond motifs is 2. The van der Waals surface area contributed by atoms with Crippen molar-refractivity contribution in [1.29, 1.82) is 0 Å². The van der Waals surface area contributed by atoms with Crippen molar-refractivity contribution in [1.82, 2.24) is 15.1 Å². The van der Waals surface area contributed by atoms with Gasteiger partial charge in [0.25, 0.3) is 5.91 Å². The summed E-state index contributed by atoms with van der Waals surface area (Å²) >= 11 is 3.40. The smallest absolute Gasteiger partial charge is 0.425 e. The van der Waals surface area contributed by atoms with E-state index < -0.39 is 18.2 Å². The summed E-state index contributed by atoms with van der Waals surface area (Å²) in [7, 11) is 0. The molecule has 4 rings (SSSR count). The minimum atomic E-state index is -4.45. The number of carbonyl (C=O) groups excluding carboxylic acids is 1. The number of hydrogen-bond acceptors (Lipinski definition) is 4. The lowest BCUT2D eigenvalue weighted by Gasteiger charge is -2.26. The highest BCUT2D eigenvalue weighted by Gasteiger charge is 2.44. The van der Waals surface area contributed by atoms with Crippen LogP contribution in [0.4, 0.5) is 13.2 Å². The highest BCUT2D eigenvalue weighted by Crippen LogP contribution is 2.32. The number of benzene rings is 1. The van der Waals surface area contributed by atoms with Gasteiger partial charge in [0.1, 0.15) is 12.4 Å². The summed E-state index contributed by atoms with van der Waals surface area (Å²) < 4.78 is 51.2. The molecule has 144 valence electrons.